The summed E-state index contributed by atoms with van der Waals surface area (Å²) in [5.74, 6) is 1.03. The van der Waals surface area contributed by atoms with Crippen LogP contribution in [0.2, 0.25) is 0 Å². The molecule has 2 aliphatic heterocycles. The van der Waals surface area contributed by atoms with Gasteiger partial charge in [0.25, 0.3) is 0 Å². The molecule has 1 aromatic carbocycles. The molecule has 0 spiro atoms. The first kappa shape index (κ1) is 13.9. The van der Waals surface area contributed by atoms with Crippen LogP contribution in [0.1, 0.15) is 45.2 Å². The van der Waals surface area contributed by atoms with Crippen LogP contribution in [-0.4, -0.2) is 36.2 Å². The van der Waals surface area contributed by atoms with Crippen molar-refractivity contribution in [3.63, 3.8) is 0 Å². The molecule has 0 saturated carbocycles. The summed E-state index contributed by atoms with van der Waals surface area (Å²) in [5.41, 5.74) is 1.12. The van der Waals surface area contributed by atoms with E-state index in [1.807, 2.05) is 6.07 Å². The normalized spacial score (nSPS) is 26.2. The molecule has 2 aliphatic rings. The lowest BCUT2D eigenvalue weighted by Gasteiger charge is -2.31. The second kappa shape index (κ2) is 5.38. The van der Waals surface area contributed by atoms with Crippen LogP contribution in [0.15, 0.2) is 24.3 Å². The number of likely N-dealkylation sites (tertiary alicyclic amines) is 1. The van der Waals surface area contributed by atoms with Crippen molar-refractivity contribution >= 4 is 0 Å². The fourth-order valence-corrected chi connectivity index (χ4v) is 3.51. The Balaban J connectivity index is 1.69. The zero-order valence-electron chi connectivity index (χ0n) is 12.9. The quantitative estimate of drug-likeness (QED) is 0.913. The minimum absolute atomic E-state index is 0.178. The van der Waals surface area contributed by atoms with Gasteiger partial charge in [0.2, 0.25) is 0 Å². The van der Waals surface area contributed by atoms with Gasteiger partial charge in [-0.1, -0.05) is 18.2 Å². The second-order valence-corrected chi connectivity index (χ2v) is 6.75. The van der Waals surface area contributed by atoms with Gasteiger partial charge < -0.3 is 15.0 Å². The molecule has 0 amide bonds. The van der Waals surface area contributed by atoms with Gasteiger partial charge in [-0.25, -0.2) is 0 Å². The molecule has 3 rings (SSSR count). The summed E-state index contributed by atoms with van der Waals surface area (Å²) in [5, 5.41) is 3.79. The third kappa shape index (κ3) is 2.70. The van der Waals surface area contributed by atoms with Crippen molar-refractivity contribution in [3.8, 4) is 5.75 Å². The molecule has 1 saturated heterocycles. The van der Waals surface area contributed by atoms with E-state index in [1.54, 1.807) is 0 Å². The van der Waals surface area contributed by atoms with E-state index in [-0.39, 0.29) is 11.6 Å². The molecular formula is C17H26N2O. The van der Waals surface area contributed by atoms with Crippen LogP contribution in [0.4, 0.5) is 0 Å². The Morgan fingerprint density at radius 1 is 1.30 bits per heavy atom. The van der Waals surface area contributed by atoms with Gasteiger partial charge in [0.15, 0.2) is 0 Å². The minimum atomic E-state index is -0.178. The van der Waals surface area contributed by atoms with E-state index in [0.29, 0.717) is 6.04 Å². The lowest BCUT2D eigenvalue weighted by atomic mass is 9.94. The van der Waals surface area contributed by atoms with E-state index in [0.717, 1.165) is 12.3 Å². The molecule has 0 radical (unpaired) electrons. The van der Waals surface area contributed by atoms with Gasteiger partial charge in [0, 0.05) is 18.2 Å². The standard InChI is InChI=1S/C17H26N2O/c1-13(12-19-10-6-7-11-19)18-16-14-8-4-5-9-15(14)20-17(16,2)3/h4-5,8-9,13,16,18H,6-7,10-12H2,1-3H3. The SMILES string of the molecule is CC(CN1CCCC1)NC1c2ccccc2OC1(C)C. The van der Waals surface area contributed by atoms with Crippen molar-refractivity contribution in [3.05, 3.63) is 29.8 Å². The van der Waals surface area contributed by atoms with Crippen LogP contribution < -0.4 is 10.1 Å². The van der Waals surface area contributed by atoms with E-state index >= 15 is 0 Å². The zero-order chi connectivity index (χ0) is 14.2. The predicted molar refractivity (Wildman–Crippen MR) is 82.2 cm³/mol. The molecule has 3 nitrogen and oxygen atoms in total. The number of hydrogen-bond donors (Lipinski definition) is 1. The first-order valence-electron chi connectivity index (χ1n) is 7.82. The van der Waals surface area contributed by atoms with Crippen LogP contribution in [0.25, 0.3) is 0 Å². The third-order valence-corrected chi connectivity index (χ3v) is 4.48. The Morgan fingerprint density at radius 3 is 2.75 bits per heavy atom. The molecule has 20 heavy (non-hydrogen) atoms. The van der Waals surface area contributed by atoms with Crippen LogP contribution in [0.5, 0.6) is 5.75 Å². The zero-order valence-corrected chi connectivity index (χ0v) is 12.9. The van der Waals surface area contributed by atoms with Crippen LogP contribution in [0.3, 0.4) is 0 Å². The number of para-hydroxylation sites is 1. The number of fused-ring (bicyclic) bond motifs is 1. The molecule has 2 atom stereocenters. The van der Waals surface area contributed by atoms with E-state index in [2.05, 4.69) is 49.2 Å². The molecule has 0 bridgehead atoms. The highest BCUT2D eigenvalue weighted by molar-refractivity contribution is 5.42. The maximum atomic E-state index is 6.10. The Kier molecular flexibility index (Phi) is 3.74. The summed E-state index contributed by atoms with van der Waals surface area (Å²) < 4.78 is 6.10. The summed E-state index contributed by atoms with van der Waals surface area (Å²) in [6.07, 6.45) is 2.71. The summed E-state index contributed by atoms with van der Waals surface area (Å²) in [6, 6.07) is 9.16. The van der Waals surface area contributed by atoms with Crippen LogP contribution in [0, 0.1) is 0 Å². The van der Waals surface area contributed by atoms with Gasteiger partial charge in [-0.3, -0.25) is 0 Å². The smallest absolute Gasteiger partial charge is 0.125 e. The number of nitrogens with one attached hydrogen (secondary N) is 1. The summed E-state index contributed by atoms with van der Waals surface area (Å²) >= 11 is 0. The molecule has 2 unspecified atom stereocenters. The minimum Gasteiger partial charge on any atom is -0.486 e. The van der Waals surface area contributed by atoms with Crippen molar-refractivity contribution < 1.29 is 4.74 Å². The van der Waals surface area contributed by atoms with Crippen LogP contribution in [-0.2, 0) is 0 Å². The highest BCUT2D eigenvalue weighted by Crippen LogP contribution is 2.42. The maximum absolute atomic E-state index is 6.10. The monoisotopic (exact) mass is 274 g/mol. The summed E-state index contributed by atoms with van der Waals surface area (Å²) in [7, 11) is 0. The molecule has 2 heterocycles. The molecule has 110 valence electrons. The maximum Gasteiger partial charge on any atom is 0.125 e. The lowest BCUT2D eigenvalue weighted by molar-refractivity contribution is 0.0892. The summed E-state index contributed by atoms with van der Waals surface area (Å²) in [6.45, 7) is 10.3. The fourth-order valence-electron chi connectivity index (χ4n) is 3.51. The van der Waals surface area contributed by atoms with Gasteiger partial charge in [-0.15, -0.1) is 0 Å². The van der Waals surface area contributed by atoms with Crippen LogP contribution >= 0.6 is 0 Å². The van der Waals surface area contributed by atoms with Crippen molar-refractivity contribution in [1.29, 1.82) is 0 Å². The average molecular weight is 274 g/mol. The topological polar surface area (TPSA) is 24.5 Å². The average Bonchev–Trinajstić information content (AvgIpc) is 2.97. The Bertz CT molecular complexity index is 466. The molecule has 0 aromatic heterocycles. The van der Waals surface area contributed by atoms with E-state index < -0.39 is 0 Å². The van der Waals surface area contributed by atoms with Gasteiger partial charge in [-0.05, 0) is 52.8 Å². The first-order valence-corrected chi connectivity index (χ1v) is 7.82. The third-order valence-electron chi connectivity index (χ3n) is 4.48. The van der Waals surface area contributed by atoms with E-state index in [1.165, 1.54) is 31.5 Å². The number of nitrogens with zero attached hydrogens (tertiary/aromatic N) is 1. The second-order valence-electron chi connectivity index (χ2n) is 6.75. The molecule has 1 aromatic rings. The molecular weight excluding hydrogens is 248 g/mol. The van der Waals surface area contributed by atoms with Gasteiger partial charge >= 0.3 is 0 Å². The molecule has 1 N–H and O–H groups in total. The van der Waals surface area contributed by atoms with Crippen molar-refractivity contribution in [2.45, 2.75) is 51.3 Å². The van der Waals surface area contributed by atoms with Gasteiger partial charge in [-0.2, -0.15) is 0 Å². The van der Waals surface area contributed by atoms with Gasteiger partial charge in [0.05, 0.1) is 6.04 Å². The molecule has 1 fully saturated rings. The highest BCUT2D eigenvalue weighted by atomic mass is 16.5. The number of benzene rings is 1. The number of ether oxygens (including phenoxy) is 1. The highest BCUT2D eigenvalue weighted by Gasteiger charge is 2.41. The first-order chi connectivity index (χ1) is 9.56. The molecule has 0 aliphatic carbocycles. The Labute approximate surface area is 122 Å². The van der Waals surface area contributed by atoms with Crippen molar-refractivity contribution in [2.75, 3.05) is 19.6 Å². The fraction of sp³-hybridized carbons (Fsp3) is 0.647. The van der Waals surface area contributed by atoms with Gasteiger partial charge in [0.1, 0.15) is 11.4 Å². The molecule has 3 heteroatoms. The van der Waals surface area contributed by atoms with Crippen molar-refractivity contribution in [1.82, 2.24) is 10.2 Å². The largest absolute Gasteiger partial charge is 0.486 e. The van der Waals surface area contributed by atoms with E-state index in [9.17, 15) is 0 Å². The summed E-state index contributed by atoms with van der Waals surface area (Å²) in [4.78, 5) is 2.56. The number of rotatable bonds is 4. The Hall–Kier alpha value is -1.06. The predicted octanol–water partition coefficient (Wildman–Crippen LogP) is 2.97. The lowest BCUT2D eigenvalue weighted by Crippen LogP contribution is -2.46. The van der Waals surface area contributed by atoms with Crippen molar-refractivity contribution in [2.24, 2.45) is 0 Å². The number of hydrogen-bond acceptors (Lipinski definition) is 3. The van der Waals surface area contributed by atoms with E-state index in [4.69, 9.17) is 4.74 Å². The Morgan fingerprint density at radius 2 is 2.00 bits per heavy atom.